The fourth-order valence-electron chi connectivity index (χ4n) is 2.86. The first-order valence-electron chi connectivity index (χ1n) is 8.51. The van der Waals surface area contributed by atoms with Gasteiger partial charge in [0.2, 0.25) is 5.76 Å². The molecule has 0 saturated carbocycles. The molecule has 0 saturated heterocycles. The molecular formula is C22H20ClN2OS+. The van der Waals surface area contributed by atoms with Crippen LogP contribution in [-0.2, 0) is 0 Å². The molecule has 0 aliphatic heterocycles. The highest BCUT2D eigenvalue weighted by Gasteiger charge is 2.25. The summed E-state index contributed by atoms with van der Waals surface area (Å²) in [6, 6.07) is 18.9. The number of benzene rings is 2. The molecule has 0 bridgehead atoms. The molecule has 0 atom stereocenters. The minimum Gasteiger partial charge on any atom is -0.502 e. The molecule has 0 aliphatic carbocycles. The number of rotatable bonds is 4. The molecule has 2 aromatic carbocycles. The minimum absolute atomic E-state index is 0.0144. The second kappa shape index (κ2) is 8.33. The van der Waals surface area contributed by atoms with Crippen molar-refractivity contribution in [3.05, 3.63) is 94.8 Å². The molecule has 3 nitrogen and oxygen atoms in total. The minimum atomic E-state index is 0.0144. The lowest BCUT2D eigenvalue weighted by atomic mass is 10.1. The second-order valence-electron chi connectivity index (χ2n) is 6.18. The predicted octanol–water partition coefficient (Wildman–Crippen LogP) is 5.57. The topological polar surface area (TPSA) is 36.1 Å². The largest absolute Gasteiger partial charge is 0.502 e. The number of aromatic nitrogens is 1. The zero-order valence-electron chi connectivity index (χ0n) is 15.1. The van der Waals surface area contributed by atoms with E-state index in [1.807, 2.05) is 74.8 Å². The number of para-hydroxylation sites is 1. The van der Waals surface area contributed by atoms with E-state index < -0.39 is 0 Å². The highest BCUT2D eigenvalue weighted by molar-refractivity contribution is 7.81. The summed E-state index contributed by atoms with van der Waals surface area (Å²) >= 11 is 12.0. The van der Waals surface area contributed by atoms with Crippen LogP contribution in [0.4, 0.5) is 5.69 Å². The Bertz CT molecular complexity index is 996. The molecule has 3 rings (SSSR count). The Labute approximate surface area is 169 Å². The van der Waals surface area contributed by atoms with Gasteiger partial charge < -0.3 is 10.4 Å². The van der Waals surface area contributed by atoms with Gasteiger partial charge in [-0.25, -0.2) is 0 Å². The summed E-state index contributed by atoms with van der Waals surface area (Å²) in [5.74, 6) is 0.0144. The molecule has 0 amide bonds. The van der Waals surface area contributed by atoms with Crippen LogP contribution in [0.5, 0.6) is 0 Å². The van der Waals surface area contributed by atoms with Gasteiger partial charge >= 0.3 is 0 Å². The Kier molecular flexibility index (Phi) is 5.89. The van der Waals surface area contributed by atoms with E-state index in [1.54, 1.807) is 16.7 Å². The maximum Gasteiger partial charge on any atom is 0.288 e. The molecule has 5 heteroatoms. The predicted molar refractivity (Wildman–Crippen MR) is 116 cm³/mol. The summed E-state index contributed by atoms with van der Waals surface area (Å²) in [6.45, 7) is 4.04. The molecule has 3 aromatic rings. The molecule has 0 radical (unpaired) electrons. The van der Waals surface area contributed by atoms with Crippen molar-refractivity contribution in [3.63, 3.8) is 0 Å². The van der Waals surface area contributed by atoms with E-state index >= 15 is 0 Å². The lowest BCUT2D eigenvalue weighted by molar-refractivity contribution is -0.575. The third-order valence-electron chi connectivity index (χ3n) is 4.26. The third-order valence-corrected chi connectivity index (χ3v) is 4.89. The number of anilines is 1. The fraction of sp³-hybridized carbons (Fsp3) is 0.0909. The molecule has 1 aromatic heterocycles. The van der Waals surface area contributed by atoms with Crippen LogP contribution >= 0.6 is 23.8 Å². The van der Waals surface area contributed by atoms with E-state index in [1.165, 1.54) is 0 Å². The fourth-order valence-corrected chi connectivity index (χ4v) is 3.39. The number of nitrogens with one attached hydrogen (secondary N) is 1. The lowest BCUT2D eigenvalue weighted by Crippen LogP contribution is -2.38. The summed E-state index contributed by atoms with van der Waals surface area (Å²) in [5.41, 5.74) is 4.07. The van der Waals surface area contributed by atoms with Gasteiger partial charge in [0.05, 0.1) is 5.02 Å². The van der Waals surface area contributed by atoms with E-state index in [0.717, 1.165) is 16.8 Å². The Morgan fingerprint density at radius 3 is 2.19 bits per heavy atom. The van der Waals surface area contributed by atoms with Gasteiger partial charge in [-0.15, -0.1) is 0 Å². The molecule has 136 valence electrons. The number of hydrogen-bond acceptors (Lipinski definition) is 2. The Morgan fingerprint density at radius 1 is 0.926 bits per heavy atom. The van der Waals surface area contributed by atoms with Crippen molar-refractivity contribution in [3.8, 4) is 0 Å². The van der Waals surface area contributed by atoms with E-state index in [0.29, 0.717) is 21.3 Å². The van der Waals surface area contributed by atoms with Gasteiger partial charge in [0.25, 0.3) is 5.70 Å². The van der Waals surface area contributed by atoms with Crippen LogP contribution < -0.4 is 9.88 Å². The smallest absolute Gasteiger partial charge is 0.288 e. The van der Waals surface area contributed by atoms with Gasteiger partial charge in [0, 0.05) is 23.4 Å². The highest BCUT2D eigenvalue weighted by Crippen LogP contribution is 2.26. The monoisotopic (exact) mass is 395 g/mol. The number of thiocarbonyl (C=S) groups is 1. The summed E-state index contributed by atoms with van der Waals surface area (Å²) in [7, 11) is 0. The van der Waals surface area contributed by atoms with Crippen LogP contribution in [0.2, 0.25) is 5.02 Å². The highest BCUT2D eigenvalue weighted by atomic mass is 35.5. The van der Waals surface area contributed by atoms with Gasteiger partial charge in [-0.05, 0) is 37.1 Å². The van der Waals surface area contributed by atoms with E-state index in [2.05, 4.69) is 5.32 Å². The first-order valence-corrected chi connectivity index (χ1v) is 9.30. The SMILES string of the molecule is Cc1cccc(C)c1NC(=S)C(=C(O)c1ccccc1Cl)[n+]1ccccc1. The summed E-state index contributed by atoms with van der Waals surface area (Å²) in [5, 5.41) is 14.8. The molecule has 0 unspecified atom stereocenters. The summed E-state index contributed by atoms with van der Waals surface area (Å²) in [4.78, 5) is 0.404. The number of hydrogen-bond donors (Lipinski definition) is 2. The maximum atomic E-state index is 11.0. The molecular weight excluding hydrogens is 376 g/mol. The van der Waals surface area contributed by atoms with Crippen molar-refractivity contribution in [2.75, 3.05) is 5.32 Å². The quantitative estimate of drug-likeness (QED) is 0.262. The van der Waals surface area contributed by atoms with Crippen molar-refractivity contribution in [1.82, 2.24) is 0 Å². The van der Waals surface area contributed by atoms with E-state index in [9.17, 15) is 5.11 Å². The molecule has 27 heavy (non-hydrogen) atoms. The number of pyridine rings is 1. The average molecular weight is 396 g/mol. The molecule has 0 aliphatic rings. The van der Waals surface area contributed by atoms with Crippen LogP contribution in [0.1, 0.15) is 16.7 Å². The standard InChI is InChI=1S/C22H19ClN2OS/c1-15-9-8-10-16(2)19(15)24-22(27)20(25-13-6-3-7-14-25)21(26)17-11-4-5-12-18(17)23/h3-14H,1-2H3,(H-,24,26,27)/p+1. The number of aliphatic hydroxyl groups is 1. The Morgan fingerprint density at radius 2 is 1.56 bits per heavy atom. The van der Waals surface area contributed by atoms with Crippen molar-refractivity contribution in [2.24, 2.45) is 0 Å². The zero-order valence-corrected chi connectivity index (χ0v) is 16.7. The van der Waals surface area contributed by atoms with Crippen molar-refractivity contribution >= 4 is 46.0 Å². The third kappa shape index (κ3) is 4.18. The van der Waals surface area contributed by atoms with Crippen LogP contribution in [0, 0.1) is 13.8 Å². The Hall–Kier alpha value is -2.69. The first kappa shape index (κ1) is 19.1. The number of aliphatic hydroxyl groups excluding tert-OH is 1. The van der Waals surface area contributed by atoms with Gasteiger partial charge in [0.15, 0.2) is 17.4 Å². The average Bonchev–Trinajstić information content (AvgIpc) is 2.66. The summed E-state index contributed by atoms with van der Waals surface area (Å²) < 4.78 is 1.78. The first-order chi connectivity index (χ1) is 13.0. The van der Waals surface area contributed by atoms with E-state index in [4.69, 9.17) is 23.8 Å². The number of nitrogens with zero attached hydrogens (tertiary/aromatic N) is 1. The van der Waals surface area contributed by atoms with Crippen LogP contribution in [-0.4, -0.2) is 10.1 Å². The summed E-state index contributed by atoms with van der Waals surface area (Å²) in [6.07, 6.45) is 3.67. The number of halogens is 1. The van der Waals surface area contributed by atoms with Crippen molar-refractivity contribution < 1.29 is 9.67 Å². The van der Waals surface area contributed by atoms with Crippen molar-refractivity contribution in [1.29, 1.82) is 0 Å². The number of aryl methyl sites for hydroxylation is 2. The molecule has 1 heterocycles. The maximum absolute atomic E-state index is 11.0. The van der Waals surface area contributed by atoms with Gasteiger partial charge in [0.1, 0.15) is 0 Å². The lowest BCUT2D eigenvalue weighted by Gasteiger charge is -2.14. The Balaban J connectivity index is 2.12. The van der Waals surface area contributed by atoms with Crippen molar-refractivity contribution in [2.45, 2.75) is 13.8 Å². The molecule has 0 fully saturated rings. The van der Waals surface area contributed by atoms with Gasteiger partial charge in [-0.1, -0.05) is 60.2 Å². The van der Waals surface area contributed by atoms with Crippen LogP contribution in [0.3, 0.4) is 0 Å². The molecule has 2 N–H and O–H groups in total. The zero-order chi connectivity index (χ0) is 19.4. The van der Waals surface area contributed by atoms with Gasteiger partial charge in [-0.3, -0.25) is 0 Å². The normalized spacial score (nSPS) is 11.7. The molecule has 0 spiro atoms. The van der Waals surface area contributed by atoms with Crippen LogP contribution in [0.25, 0.3) is 11.5 Å². The van der Waals surface area contributed by atoms with E-state index in [-0.39, 0.29) is 5.76 Å². The van der Waals surface area contributed by atoms with Crippen LogP contribution in [0.15, 0.2) is 73.1 Å². The van der Waals surface area contributed by atoms with Gasteiger partial charge in [-0.2, -0.15) is 4.57 Å². The second-order valence-corrected chi connectivity index (χ2v) is 7.00.